The van der Waals surface area contributed by atoms with Crippen LogP contribution >= 0.6 is 0 Å². The van der Waals surface area contributed by atoms with Crippen molar-refractivity contribution in [2.45, 2.75) is 13.8 Å². The predicted molar refractivity (Wildman–Crippen MR) is 65.7 cm³/mol. The van der Waals surface area contributed by atoms with Gasteiger partial charge in [-0.25, -0.2) is 0 Å². The molecule has 17 heavy (non-hydrogen) atoms. The zero-order chi connectivity index (χ0) is 12.4. The molecule has 88 valence electrons. The summed E-state index contributed by atoms with van der Waals surface area (Å²) >= 11 is 0. The summed E-state index contributed by atoms with van der Waals surface area (Å²) in [6.07, 6.45) is 0. The lowest BCUT2D eigenvalue weighted by Crippen LogP contribution is -2.02. The van der Waals surface area contributed by atoms with E-state index >= 15 is 0 Å². The minimum absolute atomic E-state index is 0.158. The third-order valence-corrected chi connectivity index (χ3v) is 2.29. The summed E-state index contributed by atoms with van der Waals surface area (Å²) in [4.78, 5) is 12.1. The van der Waals surface area contributed by atoms with Gasteiger partial charge in [-0.1, -0.05) is 17.2 Å². The van der Waals surface area contributed by atoms with Crippen LogP contribution in [0.1, 0.15) is 11.1 Å². The van der Waals surface area contributed by atoms with E-state index < -0.39 is 0 Å². The van der Waals surface area contributed by atoms with Crippen LogP contribution in [0.5, 0.6) is 6.01 Å². The number of rotatable bonds is 2. The van der Waals surface area contributed by atoms with Crippen molar-refractivity contribution in [3.63, 3.8) is 0 Å². The number of nitrogen functional groups attached to an aromatic ring is 1. The van der Waals surface area contributed by atoms with E-state index in [2.05, 4.69) is 21.0 Å². The van der Waals surface area contributed by atoms with Crippen molar-refractivity contribution in [1.29, 1.82) is 0 Å². The maximum Gasteiger partial charge on any atom is 0.321 e. The number of ether oxygens (including phenoxy) is 1. The Hall–Kier alpha value is -2.17. The Kier molecular flexibility index (Phi) is 2.91. The summed E-state index contributed by atoms with van der Waals surface area (Å²) in [5, 5.41) is 0. The van der Waals surface area contributed by atoms with Crippen LogP contribution in [-0.4, -0.2) is 22.1 Å². The first kappa shape index (κ1) is 11.3. The molecule has 0 atom stereocenters. The maximum atomic E-state index is 5.61. The van der Waals surface area contributed by atoms with Gasteiger partial charge in [0.2, 0.25) is 5.95 Å². The number of nitrogens with two attached hydrogens (primary N) is 1. The Bertz CT molecular complexity index is 534. The minimum Gasteiger partial charge on any atom is -0.467 e. The van der Waals surface area contributed by atoms with Crippen molar-refractivity contribution in [3.8, 4) is 17.4 Å². The van der Waals surface area contributed by atoms with Gasteiger partial charge in [0.15, 0.2) is 5.82 Å². The van der Waals surface area contributed by atoms with Crippen molar-refractivity contribution < 1.29 is 4.74 Å². The molecule has 0 amide bonds. The fourth-order valence-electron chi connectivity index (χ4n) is 1.70. The van der Waals surface area contributed by atoms with Gasteiger partial charge in [-0.3, -0.25) is 0 Å². The Morgan fingerprint density at radius 3 is 2.24 bits per heavy atom. The number of anilines is 1. The Morgan fingerprint density at radius 2 is 1.65 bits per heavy atom. The van der Waals surface area contributed by atoms with E-state index in [1.54, 1.807) is 0 Å². The van der Waals surface area contributed by atoms with Crippen molar-refractivity contribution >= 4 is 5.95 Å². The van der Waals surface area contributed by atoms with Crippen molar-refractivity contribution in [2.75, 3.05) is 12.8 Å². The van der Waals surface area contributed by atoms with Gasteiger partial charge in [0.25, 0.3) is 0 Å². The lowest BCUT2D eigenvalue weighted by molar-refractivity contribution is 0.379. The van der Waals surface area contributed by atoms with Gasteiger partial charge in [-0.2, -0.15) is 15.0 Å². The highest BCUT2D eigenvalue weighted by Crippen LogP contribution is 2.20. The molecule has 0 aliphatic rings. The Labute approximate surface area is 99.7 Å². The van der Waals surface area contributed by atoms with E-state index in [0.29, 0.717) is 5.82 Å². The van der Waals surface area contributed by atoms with E-state index in [1.807, 2.05) is 26.0 Å². The van der Waals surface area contributed by atoms with Crippen LogP contribution in [-0.2, 0) is 0 Å². The molecule has 0 aliphatic carbocycles. The number of benzene rings is 1. The molecule has 1 aromatic carbocycles. The molecule has 0 spiro atoms. The summed E-state index contributed by atoms with van der Waals surface area (Å²) < 4.78 is 4.98. The van der Waals surface area contributed by atoms with Crippen LogP contribution in [0, 0.1) is 13.8 Å². The maximum absolute atomic E-state index is 5.61. The van der Waals surface area contributed by atoms with Crippen LogP contribution in [0.4, 0.5) is 5.95 Å². The number of aryl methyl sites for hydroxylation is 2. The molecule has 0 saturated heterocycles. The van der Waals surface area contributed by atoms with E-state index in [-0.39, 0.29) is 12.0 Å². The molecule has 0 saturated carbocycles. The van der Waals surface area contributed by atoms with Gasteiger partial charge in [-0.15, -0.1) is 0 Å². The predicted octanol–water partition coefficient (Wildman–Crippen LogP) is 1.75. The first-order chi connectivity index (χ1) is 8.08. The molecule has 2 rings (SSSR count). The molecule has 0 bridgehead atoms. The Balaban J connectivity index is 2.55. The third kappa shape index (κ3) is 2.50. The molecular formula is C12H14N4O. The highest BCUT2D eigenvalue weighted by Gasteiger charge is 2.07. The van der Waals surface area contributed by atoms with Crippen LogP contribution < -0.4 is 10.5 Å². The average Bonchev–Trinajstić information content (AvgIpc) is 2.26. The van der Waals surface area contributed by atoms with Gasteiger partial charge in [0, 0.05) is 5.56 Å². The second-order valence-corrected chi connectivity index (χ2v) is 3.88. The molecule has 2 N–H and O–H groups in total. The van der Waals surface area contributed by atoms with Crippen LogP contribution in [0.2, 0.25) is 0 Å². The quantitative estimate of drug-likeness (QED) is 0.850. The largest absolute Gasteiger partial charge is 0.467 e. The highest BCUT2D eigenvalue weighted by atomic mass is 16.5. The van der Waals surface area contributed by atoms with Gasteiger partial charge in [0.05, 0.1) is 7.11 Å². The number of methoxy groups -OCH3 is 1. The molecule has 1 heterocycles. The van der Waals surface area contributed by atoms with E-state index in [4.69, 9.17) is 10.5 Å². The summed E-state index contributed by atoms with van der Waals surface area (Å²) in [5.41, 5.74) is 8.82. The van der Waals surface area contributed by atoms with Crippen LogP contribution in [0.3, 0.4) is 0 Å². The van der Waals surface area contributed by atoms with Crippen molar-refractivity contribution in [3.05, 3.63) is 29.3 Å². The van der Waals surface area contributed by atoms with E-state index in [1.165, 1.54) is 7.11 Å². The normalized spacial score (nSPS) is 10.3. The highest BCUT2D eigenvalue weighted by molar-refractivity contribution is 5.58. The summed E-state index contributed by atoms with van der Waals surface area (Å²) in [5.74, 6) is 0.687. The molecule has 2 aromatic rings. The number of hydrogen-bond donors (Lipinski definition) is 1. The Morgan fingerprint density at radius 1 is 1.00 bits per heavy atom. The van der Waals surface area contributed by atoms with Crippen LogP contribution in [0.25, 0.3) is 11.4 Å². The second kappa shape index (κ2) is 4.37. The summed E-state index contributed by atoms with van der Waals surface area (Å²) in [6, 6.07) is 6.32. The third-order valence-electron chi connectivity index (χ3n) is 2.29. The average molecular weight is 230 g/mol. The number of hydrogen-bond acceptors (Lipinski definition) is 5. The SMILES string of the molecule is COc1nc(N)nc(-c2cc(C)cc(C)c2)n1. The summed E-state index contributed by atoms with van der Waals surface area (Å²) in [7, 11) is 1.50. The second-order valence-electron chi connectivity index (χ2n) is 3.88. The standard InChI is InChI=1S/C12H14N4O/c1-7-4-8(2)6-9(5-7)10-14-11(13)16-12(15-10)17-3/h4-6H,1-3H3,(H2,13,14,15,16). The zero-order valence-electron chi connectivity index (χ0n) is 10.1. The molecule has 5 nitrogen and oxygen atoms in total. The molecule has 0 unspecified atom stereocenters. The zero-order valence-corrected chi connectivity index (χ0v) is 10.1. The number of nitrogens with zero attached hydrogens (tertiary/aromatic N) is 3. The van der Waals surface area contributed by atoms with Crippen LogP contribution in [0.15, 0.2) is 18.2 Å². The molecule has 5 heteroatoms. The smallest absolute Gasteiger partial charge is 0.321 e. The molecular weight excluding hydrogens is 216 g/mol. The van der Waals surface area contributed by atoms with Gasteiger partial charge in [0.1, 0.15) is 0 Å². The molecule has 0 radical (unpaired) electrons. The minimum atomic E-state index is 0.158. The van der Waals surface area contributed by atoms with Gasteiger partial charge < -0.3 is 10.5 Å². The van der Waals surface area contributed by atoms with E-state index in [9.17, 15) is 0 Å². The van der Waals surface area contributed by atoms with Gasteiger partial charge >= 0.3 is 6.01 Å². The number of aromatic nitrogens is 3. The summed E-state index contributed by atoms with van der Waals surface area (Å²) in [6.45, 7) is 4.05. The first-order valence-corrected chi connectivity index (χ1v) is 5.22. The monoisotopic (exact) mass is 230 g/mol. The van der Waals surface area contributed by atoms with Crippen molar-refractivity contribution in [2.24, 2.45) is 0 Å². The lowest BCUT2D eigenvalue weighted by atomic mass is 10.1. The van der Waals surface area contributed by atoms with Crippen molar-refractivity contribution in [1.82, 2.24) is 15.0 Å². The van der Waals surface area contributed by atoms with E-state index in [0.717, 1.165) is 16.7 Å². The molecule has 0 fully saturated rings. The van der Waals surface area contributed by atoms with Gasteiger partial charge in [-0.05, 0) is 26.0 Å². The first-order valence-electron chi connectivity index (χ1n) is 5.22. The fourth-order valence-corrected chi connectivity index (χ4v) is 1.70. The lowest BCUT2D eigenvalue weighted by Gasteiger charge is -2.05. The molecule has 1 aromatic heterocycles. The molecule has 0 aliphatic heterocycles. The topological polar surface area (TPSA) is 73.9 Å². The fraction of sp³-hybridized carbons (Fsp3) is 0.250.